The van der Waals surface area contributed by atoms with E-state index in [0.717, 1.165) is 37.8 Å². The van der Waals surface area contributed by atoms with Crippen molar-refractivity contribution in [3.63, 3.8) is 0 Å². The molecule has 2 aromatic carbocycles. The van der Waals surface area contributed by atoms with E-state index in [1.165, 1.54) is 25.3 Å². The zero-order valence-electron chi connectivity index (χ0n) is 21.0. The maximum absolute atomic E-state index is 14.5. The van der Waals surface area contributed by atoms with Gasteiger partial charge in [-0.05, 0) is 56.5 Å². The highest BCUT2D eigenvalue weighted by Crippen LogP contribution is 2.30. The number of rotatable bonds is 11. The van der Waals surface area contributed by atoms with Crippen molar-refractivity contribution in [1.29, 1.82) is 0 Å². The number of piperidine rings is 1. The molecule has 0 radical (unpaired) electrons. The van der Waals surface area contributed by atoms with Crippen LogP contribution in [0.25, 0.3) is 0 Å². The molecule has 1 heterocycles. The highest BCUT2D eigenvalue weighted by atomic mass is 32.2. The van der Waals surface area contributed by atoms with Gasteiger partial charge in [-0.2, -0.15) is 12.8 Å². The number of methoxy groups -OCH3 is 1. The maximum atomic E-state index is 14.5. The topological polar surface area (TPSA) is 103 Å². The van der Waals surface area contributed by atoms with Crippen LogP contribution in [0.2, 0.25) is 0 Å². The molecule has 1 N–H and O–H groups in total. The lowest BCUT2D eigenvalue weighted by molar-refractivity contribution is 0.0908. The van der Waals surface area contributed by atoms with Crippen molar-refractivity contribution >= 4 is 16.0 Å². The molecule has 3 rings (SSSR count). The number of nitrogens with one attached hydrogen (secondary N) is 1. The molecule has 1 fully saturated rings. The molecule has 0 saturated carbocycles. The molecule has 0 aromatic heterocycles. The number of amides is 1. The molecular formula is C25H33FN2O7S. The number of carbonyl (C=O) groups is 1. The number of nitrogens with zero attached hydrogens (tertiary/aromatic N) is 1. The smallest absolute Gasteiger partial charge is 0.306 e. The lowest BCUT2D eigenvalue weighted by Crippen LogP contribution is -2.44. The Bertz CT molecular complexity index is 1140. The zero-order chi connectivity index (χ0) is 26.3. The van der Waals surface area contributed by atoms with Crippen molar-refractivity contribution in [2.45, 2.75) is 39.3 Å². The molecule has 36 heavy (non-hydrogen) atoms. The predicted octanol–water partition coefficient (Wildman–Crippen LogP) is 3.36. The van der Waals surface area contributed by atoms with Gasteiger partial charge in [-0.1, -0.05) is 0 Å². The van der Waals surface area contributed by atoms with Crippen LogP contribution in [0.15, 0.2) is 30.3 Å². The summed E-state index contributed by atoms with van der Waals surface area (Å²) in [6.07, 6.45) is 2.38. The van der Waals surface area contributed by atoms with Gasteiger partial charge in [0.15, 0.2) is 11.5 Å². The minimum absolute atomic E-state index is 0.00830. The summed E-state index contributed by atoms with van der Waals surface area (Å²) in [5.74, 6) is -0.156. The Hall–Kier alpha value is -3.05. The fourth-order valence-corrected chi connectivity index (χ4v) is 4.49. The van der Waals surface area contributed by atoms with E-state index in [1.807, 2.05) is 0 Å². The van der Waals surface area contributed by atoms with E-state index in [1.54, 1.807) is 26.0 Å². The van der Waals surface area contributed by atoms with Gasteiger partial charge in [0.1, 0.15) is 11.5 Å². The number of halogens is 1. The number of hydrogen-bond donors (Lipinski definition) is 1. The SMILES string of the molecule is CCOc1cc(CN2CCC(NC(=O)c3cc(OC)cc(OS(C)(=O)=O)c3)CC2)cc(OCC)c1F. The Kier molecular flexibility index (Phi) is 9.38. The molecular weight excluding hydrogens is 491 g/mol. The number of benzene rings is 2. The van der Waals surface area contributed by atoms with Crippen LogP contribution in [0.3, 0.4) is 0 Å². The summed E-state index contributed by atoms with van der Waals surface area (Å²) in [7, 11) is -2.32. The Labute approximate surface area is 211 Å². The summed E-state index contributed by atoms with van der Waals surface area (Å²) in [6, 6.07) is 7.65. The van der Waals surface area contributed by atoms with Crippen LogP contribution >= 0.6 is 0 Å². The number of carbonyl (C=O) groups excluding carboxylic acids is 1. The van der Waals surface area contributed by atoms with E-state index in [9.17, 15) is 17.6 Å². The molecule has 0 aliphatic carbocycles. The van der Waals surface area contributed by atoms with Crippen molar-refractivity contribution < 1.29 is 36.0 Å². The Morgan fingerprint density at radius 3 is 2.14 bits per heavy atom. The van der Waals surface area contributed by atoms with E-state index in [-0.39, 0.29) is 34.8 Å². The van der Waals surface area contributed by atoms with Crippen LogP contribution in [-0.4, -0.2) is 64.9 Å². The van der Waals surface area contributed by atoms with Crippen molar-refractivity contribution in [2.75, 3.05) is 39.7 Å². The summed E-state index contributed by atoms with van der Waals surface area (Å²) in [5.41, 5.74) is 1.13. The monoisotopic (exact) mass is 524 g/mol. The highest BCUT2D eigenvalue weighted by molar-refractivity contribution is 7.86. The first-order valence-electron chi connectivity index (χ1n) is 11.8. The van der Waals surface area contributed by atoms with Gasteiger partial charge < -0.3 is 23.7 Å². The number of likely N-dealkylation sites (tertiary alicyclic amines) is 1. The van der Waals surface area contributed by atoms with Crippen molar-refractivity contribution in [1.82, 2.24) is 10.2 Å². The van der Waals surface area contributed by atoms with Crippen LogP contribution < -0.4 is 23.7 Å². The van der Waals surface area contributed by atoms with E-state index in [2.05, 4.69) is 10.2 Å². The van der Waals surface area contributed by atoms with Gasteiger partial charge in [-0.25, -0.2) is 0 Å². The van der Waals surface area contributed by atoms with E-state index >= 15 is 0 Å². The molecule has 1 amide bonds. The van der Waals surface area contributed by atoms with Gasteiger partial charge in [-0.3, -0.25) is 9.69 Å². The van der Waals surface area contributed by atoms with Gasteiger partial charge in [0.25, 0.3) is 5.91 Å². The molecule has 11 heteroatoms. The molecule has 1 aliphatic heterocycles. The quantitative estimate of drug-likeness (QED) is 0.447. The summed E-state index contributed by atoms with van der Waals surface area (Å²) in [5, 5.41) is 3.00. The molecule has 9 nitrogen and oxygen atoms in total. The first-order valence-corrected chi connectivity index (χ1v) is 13.6. The van der Waals surface area contributed by atoms with Crippen LogP contribution in [0.5, 0.6) is 23.0 Å². The summed E-state index contributed by atoms with van der Waals surface area (Å²) >= 11 is 0. The summed E-state index contributed by atoms with van der Waals surface area (Å²) in [4.78, 5) is 15.1. The predicted molar refractivity (Wildman–Crippen MR) is 133 cm³/mol. The molecule has 0 unspecified atom stereocenters. The van der Waals surface area contributed by atoms with Crippen LogP contribution in [0.1, 0.15) is 42.6 Å². The Morgan fingerprint density at radius 2 is 1.61 bits per heavy atom. The van der Waals surface area contributed by atoms with Gasteiger partial charge in [0, 0.05) is 37.3 Å². The summed E-state index contributed by atoms with van der Waals surface area (Å²) < 4.78 is 58.4. The molecule has 0 spiro atoms. The van der Waals surface area contributed by atoms with Crippen molar-refractivity contribution in [2.24, 2.45) is 0 Å². The number of ether oxygens (including phenoxy) is 3. The van der Waals surface area contributed by atoms with E-state index in [4.69, 9.17) is 18.4 Å². The van der Waals surface area contributed by atoms with E-state index < -0.39 is 15.9 Å². The summed E-state index contributed by atoms with van der Waals surface area (Å²) in [6.45, 7) is 6.38. The van der Waals surface area contributed by atoms with Crippen LogP contribution in [0.4, 0.5) is 4.39 Å². The fraction of sp³-hybridized carbons (Fsp3) is 0.480. The second-order valence-corrected chi connectivity index (χ2v) is 10.1. The molecule has 0 atom stereocenters. The largest absolute Gasteiger partial charge is 0.497 e. The third kappa shape index (κ3) is 7.72. The van der Waals surface area contributed by atoms with Crippen molar-refractivity contribution in [3.05, 3.63) is 47.3 Å². The average Bonchev–Trinajstić information content (AvgIpc) is 2.82. The van der Waals surface area contributed by atoms with Crippen LogP contribution in [0, 0.1) is 5.82 Å². The minimum Gasteiger partial charge on any atom is -0.497 e. The molecule has 0 bridgehead atoms. The normalized spacial score (nSPS) is 14.8. The average molecular weight is 525 g/mol. The number of hydrogen-bond acceptors (Lipinski definition) is 8. The molecule has 2 aromatic rings. The first-order chi connectivity index (χ1) is 17.1. The van der Waals surface area contributed by atoms with Gasteiger partial charge in [-0.15, -0.1) is 0 Å². The molecule has 1 saturated heterocycles. The fourth-order valence-electron chi connectivity index (χ4n) is 4.04. The zero-order valence-corrected chi connectivity index (χ0v) is 21.8. The van der Waals surface area contributed by atoms with Crippen molar-refractivity contribution in [3.8, 4) is 23.0 Å². The van der Waals surface area contributed by atoms with Gasteiger partial charge in [0.2, 0.25) is 5.82 Å². The Balaban J connectivity index is 1.61. The lowest BCUT2D eigenvalue weighted by atomic mass is 10.0. The second kappa shape index (κ2) is 12.3. The molecule has 198 valence electrons. The lowest BCUT2D eigenvalue weighted by Gasteiger charge is -2.32. The van der Waals surface area contributed by atoms with Gasteiger partial charge in [0.05, 0.1) is 26.6 Å². The first kappa shape index (κ1) is 27.5. The molecule has 1 aliphatic rings. The van der Waals surface area contributed by atoms with E-state index in [0.29, 0.717) is 25.5 Å². The second-order valence-electron chi connectivity index (χ2n) is 8.48. The van der Waals surface area contributed by atoms with Gasteiger partial charge >= 0.3 is 10.1 Å². The Morgan fingerprint density at radius 1 is 1.03 bits per heavy atom. The highest BCUT2D eigenvalue weighted by Gasteiger charge is 2.23. The third-order valence-corrected chi connectivity index (χ3v) is 6.12. The standard InChI is InChI=1S/C25H33FN2O7S/c1-5-33-22-11-17(12-23(24(22)26)34-6-2)16-28-9-7-19(8-10-28)27-25(29)18-13-20(32-3)15-21(14-18)35-36(4,30)31/h11-15,19H,5-10,16H2,1-4H3,(H,27,29). The maximum Gasteiger partial charge on any atom is 0.306 e. The minimum atomic E-state index is -3.75. The third-order valence-electron chi connectivity index (χ3n) is 5.62. The van der Waals surface area contributed by atoms with Crippen LogP contribution in [-0.2, 0) is 16.7 Å².